The minimum Gasteiger partial charge on any atom is -0.497 e. The van der Waals surface area contributed by atoms with Crippen molar-refractivity contribution in [3.8, 4) is 11.5 Å². The standard InChI is InChI=1S/C11H14N2O3/c1-15-7-3-4-10(16-2)8(5-7)9-6-12-11(14)13-9/h3-5,9H,6H2,1-2H3,(H2,12,13,14)/t9-/m1/s1. The maximum absolute atomic E-state index is 11.1. The van der Waals surface area contributed by atoms with E-state index in [2.05, 4.69) is 10.6 Å². The molecule has 2 N–H and O–H groups in total. The van der Waals surface area contributed by atoms with Gasteiger partial charge in [-0.15, -0.1) is 0 Å². The number of methoxy groups -OCH3 is 2. The summed E-state index contributed by atoms with van der Waals surface area (Å²) in [7, 11) is 3.21. The molecule has 1 heterocycles. The molecular formula is C11H14N2O3. The summed E-state index contributed by atoms with van der Waals surface area (Å²) >= 11 is 0. The zero-order valence-electron chi connectivity index (χ0n) is 9.24. The van der Waals surface area contributed by atoms with E-state index in [4.69, 9.17) is 9.47 Å². The lowest BCUT2D eigenvalue weighted by molar-refractivity contribution is 0.247. The Hall–Kier alpha value is -1.91. The maximum Gasteiger partial charge on any atom is 0.315 e. The van der Waals surface area contributed by atoms with Crippen molar-refractivity contribution in [3.63, 3.8) is 0 Å². The highest BCUT2D eigenvalue weighted by Gasteiger charge is 2.24. The molecule has 0 spiro atoms. The van der Waals surface area contributed by atoms with Crippen LogP contribution in [0.3, 0.4) is 0 Å². The lowest BCUT2D eigenvalue weighted by atomic mass is 10.1. The Balaban J connectivity index is 2.33. The fourth-order valence-corrected chi connectivity index (χ4v) is 1.75. The summed E-state index contributed by atoms with van der Waals surface area (Å²) in [5, 5.41) is 5.52. The molecular weight excluding hydrogens is 208 g/mol. The van der Waals surface area contributed by atoms with Crippen LogP contribution in [0.2, 0.25) is 0 Å². The third-order valence-corrected chi connectivity index (χ3v) is 2.58. The van der Waals surface area contributed by atoms with Crippen molar-refractivity contribution in [3.05, 3.63) is 23.8 Å². The Morgan fingerprint density at radius 1 is 1.31 bits per heavy atom. The number of hydrogen-bond acceptors (Lipinski definition) is 3. The molecule has 2 rings (SSSR count). The molecule has 86 valence electrons. The Labute approximate surface area is 93.7 Å². The summed E-state index contributed by atoms with van der Waals surface area (Å²) in [6, 6.07) is 5.30. The zero-order chi connectivity index (χ0) is 11.5. The average Bonchev–Trinajstić information content (AvgIpc) is 2.75. The third kappa shape index (κ3) is 1.88. The number of nitrogens with one attached hydrogen (secondary N) is 2. The molecule has 2 amide bonds. The molecule has 0 unspecified atom stereocenters. The van der Waals surface area contributed by atoms with Crippen molar-refractivity contribution >= 4 is 6.03 Å². The summed E-state index contributed by atoms with van der Waals surface area (Å²) in [4.78, 5) is 11.1. The molecule has 1 fully saturated rings. The van der Waals surface area contributed by atoms with Gasteiger partial charge in [-0.1, -0.05) is 0 Å². The van der Waals surface area contributed by atoms with Crippen molar-refractivity contribution in [2.45, 2.75) is 6.04 Å². The van der Waals surface area contributed by atoms with Crippen LogP contribution in [0, 0.1) is 0 Å². The summed E-state index contributed by atoms with van der Waals surface area (Å²) < 4.78 is 10.4. The lowest BCUT2D eigenvalue weighted by Gasteiger charge is -2.14. The van der Waals surface area contributed by atoms with Crippen LogP contribution in [-0.4, -0.2) is 26.8 Å². The average molecular weight is 222 g/mol. The highest BCUT2D eigenvalue weighted by Crippen LogP contribution is 2.30. The maximum atomic E-state index is 11.1. The van der Waals surface area contributed by atoms with Crippen LogP contribution in [0.25, 0.3) is 0 Å². The van der Waals surface area contributed by atoms with Gasteiger partial charge in [0.2, 0.25) is 0 Å². The summed E-state index contributed by atoms with van der Waals surface area (Å²) in [6.45, 7) is 0.558. The first-order valence-electron chi connectivity index (χ1n) is 5.01. The van der Waals surface area contributed by atoms with E-state index in [1.54, 1.807) is 14.2 Å². The Bertz CT molecular complexity index is 406. The molecule has 1 saturated heterocycles. The SMILES string of the molecule is COc1ccc(OC)c([C@H]2CNC(=O)N2)c1. The van der Waals surface area contributed by atoms with E-state index in [0.717, 1.165) is 17.1 Å². The second-order valence-electron chi connectivity index (χ2n) is 3.51. The largest absolute Gasteiger partial charge is 0.497 e. The molecule has 5 heteroatoms. The Kier molecular flexibility index (Phi) is 2.85. The molecule has 0 bridgehead atoms. The minimum atomic E-state index is -0.158. The fraction of sp³-hybridized carbons (Fsp3) is 0.364. The van der Waals surface area contributed by atoms with E-state index in [-0.39, 0.29) is 12.1 Å². The van der Waals surface area contributed by atoms with E-state index in [1.165, 1.54) is 0 Å². The second kappa shape index (κ2) is 4.30. The van der Waals surface area contributed by atoms with Crippen LogP contribution in [0.15, 0.2) is 18.2 Å². The van der Waals surface area contributed by atoms with Crippen LogP contribution in [-0.2, 0) is 0 Å². The molecule has 0 saturated carbocycles. The monoisotopic (exact) mass is 222 g/mol. The first-order chi connectivity index (χ1) is 7.74. The summed E-state index contributed by atoms with van der Waals surface area (Å²) in [5.41, 5.74) is 0.917. The first-order valence-corrected chi connectivity index (χ1v) is 5.01. The van der Waals surface area contributed by atoms with Crippen molar-refractivity contribution in [2.75, 3.05) is 20.8 Å². The number of carbonyl (C=O) groups excluding carboxylic acids is 1. The van der Waals surface area contributed by atoms with E-state index in [1.807, 2.05) is 18.2 Å². The van der Waals surface area contributed by atoms with Crippen LogP contribution in [0.4, 0.5) is 4.79 Å². The predicted molar refractivity (Wildman–Crippen MR) is 58.8 cm³/mol. The van der Waals surface area contributed by atoms with Crippen molar-refractivity contribution < 1.29 is 14.3 Å². The molecule has 0 aromatic heterocycles. The van der Waals surface area contributed by atoms with Crippen LogP contribution < -0.4 is 20.1 Å². The Morgan fingerprint density at radius 2 is 2.12 bits per heavy atom. The molecule has 1 aliphatic heterocycles. The van der Waals surface area contributed by atoms with Crippen molar-refractivity contribution in [1.82, 2.24) is 10.6 Å². The number of ether oxygens (including phenoxy) is 2. The first kappa shape index (κ1) is 10.6. The summed E-state index contributed by atoms with van der Waals surface area (Å²) in [5.74, 6) is 1.49. The van der Waals surface area contributed by atoms with Crippen molar-refractivity contribution in [2.24, 2.45) is 0 Å². The molecule has 0 radical (unpaired) electrons. The van der Waals surface area contributed by atoms with Gasteiger partial charge in [-0.2, -0.15) is 0 Å². The normalized spacial score (nSPS) is 18.9. The third-order valence-electron chi connectivity index (χ3n) is 2.58. The quantitative estimate of drug-likeness (QED) is 0.803. The van der Waals surface area contributed by atoms with E-state index < -0.39 is 0 Å². The van der Waals surface area contributed by atoms with E-state index in [0.29, 0.717) is 6.54 Å². The fourth-order valence-electron chi connectivity index (χ4n) is 1.75. The lowest BCUT2D eigenvalue weighted by Crippen LogP contribution is -2.21. The Morgan fingerprint density at radius 3 is 2.69 bits per heavy atom. The van der Waals surface area contributed by atoms with Crippen LogP contribution in [0.5, 0.6) is 11.5 Å². The number of hydrogen-bond donors (Lipinski definition) is 2. The molecule has 1 aliphatic rings. The van der Waals surface area contributed by atoms with E-state index in [9.17, 15) is 4.79 Å². The van der Waals surface area contributed by atoms with Gasteiger partial charge in [0.25, 0.3) is 0 Å². The number of carbonyl (C=O) groups is 1. The number of rotatable bonds is 3. The van der Waals surface area contributed by atoms with E-state index >= 15 is 0 Å². The number of benzene rings is 1. The highest BCUT2D eigenvalue weighted by atomic mass is 16.5. The van der Waals surface area contributed by atoms with Gasteiger partial charge in [-0.25, -0.2) is 4.79 Å². The van der Waals surface area contributed by atoms with Crippen LogP contribution in [0.1, 0.15) is 11.6 Å². The van der Waals surface area contributed by atoms with Crippen LogP contribution >= 0.6 is 0 Å². The van der Waals surface area contributed by atoms with Gasteiger partial charge in [0, 0.05) is 12.1 Å². The number of amides is 2. The van der Waals surface area contributed by atoms with Gasteiger partial charge in [0.15, 0.2) is 0 Å². The molecule has 1 atom stereocenters. The molecule has 1 aromatic rings. The second-order valence-corrected chi connectivity index (χ2v) is 3.51. The van der Waals surface area contributed by atoms with Gasteiger partial charge in [-0.05, 0) is 18.2 Å². The molecule has 1 aromatic carbocycles. The van der Waals surface area contributed by atoms with Gasteiger partial charge in [-0.3, -0.25) is 0 Å². The topological polar surface area (TPSA) is 59.6 Å². The minimum absolute atomic E-state index is 0.0717. The van der Waals surface area contributed by atoms with Crippen molar-refractivity contribution in [1.29, 1.82) is 0 Å². The smallest absolute Gasteiger partial charge is 0.315 e. The molecule has 5 nitrogen and oxygen atoms in total. The van der Waals surface area contributed by atoms with Gasteiger partial charge < -0.3 is 20.1 Å². The molecule has 16 heavy (non-hydrogen) atoms. The molecule has 0 aliphatic carbocycles. The number of urea groups is 1. The van der Waals surface area contributed by atoms with Gasteiger partial charge in [0.05, 0.1) is 20.3 Å². The van der Waals surface area contributed by atoms with Gasteiger partial charge >= 0.3 is 6.03 Å². The summed E-state index contributed by atoms with van der Waals surface area (Å²) in [6.07, 6.45) is 0. The zero-order valence-corrected chi connectivity index (χ0v) is 9.24. The van der Waals surface area contributed by atoms with Gasteiger partial charge in [0.1, 0.15) is 11.5 Å². The predicted octanol–water partition coefficient (Wildman–Crippen LogP) is 1.06. The highest BCUT2D eigenvalue weighted by molar-refractivity contribution is 5.77.